The smallest absolute Gasteiger partial charge is 0.236 e. The van der Waals surface area contributed by atoms with Gasteiger partial charge < -0.3 is 15.1 Å². The van der Waals surface area contributed by atoms with Crippen LogP contribution in [0.15, 0.2) is 36.7 Å². The van der Waals surface area contributed by atoms with E-state index in [-0.39, 0.29) is 5.91 Å². The van der Waals surface area contributed by atoms with Crippen molar-refractivity contribution in [2.75, 3.05) is 63.8 Å². The normalized spacial score (nSPS) is 18.3. The molecule has 7 nitrogen and oxygen atoms in total. The molecule has 0 bridgehead atoms. The number of nitrogens with one attached hydrogen (secondary N) is 1. The summed E-state index contributed by atoms with van der Waals surface area (Å²) in [5, 5.41) is 3.29. The monoisotopic (exact) mass is 380 g/mol. The van der Waals surface area contributed by atoms with Crippen molar-refractivity contribution in [3.63, 3.8) is 0 Å². The molecule has 2 aliphatic heterocycles. The van der Waals surface area contributed by atoms with E-state index in [1.54, 1.807) is 0 Å². The number of benzene rings is 1. The van der Waals surface area contributed by atoms with Crippen LogP contribution in [0.1, 0.15) is 5.56 Å². The molecule has 2 aromatic rings. The van der Waals surface area contributed by atoms with E-state index < -0.39 is 0 Å². The zero-order valence-electron chi connectivity index (χ0n) is 16.5. The maximum Gasteiger partial charge on any atom is 0.236 e. The molecule has 2 fully saturated rings. The van der Waals surface area contributed by atoms with Crippen molar-refractivity contribution in [1.82, 2.24) is 25.1 Å². The molecule has 0 atom stereocenters. The maximum atomic E-state index is 12.4. The molecule has 2 saturated heterocycles. The number of hydrogen-bond donors (Lipinski definition) is 1. The molecule has 0 spiro atoms. The predicted octanol–water partition coefficient (Wildman–Crippen LogP) is 1.01. The Labute approximate surface area is 166 Å². The highest BCUT2D eigenvalue weighted by Gasteiger charge is 2.23. The maximum absolute atomic E-state index is 12.4. The van der Waals surface area contributed by atoms with E-state index in [9.17, 15) is 4.79 Å². The van der Waals surface area contributed by atoms with E-state index in [2.05, 4.69) is 50.2 Å². The Morgan fingerprint density at radius 2 is 1.82 bits per heavy atom. The van der Waals surface area contributed by atoms with Gasteiger partial charge >= 0.3 is 0 Å². The van der Waals surface area contributed by atoms with Crippen LogP contribution in [-0.4, -0.2) is 84.6 Å². The summed E-state index contributed by atoms with van der Waals surface area (Å²) in [6, 6.07) is 8.31. The number of aryl methyl sites for hydroxylation is 1. The first-order valence-electron chi connectivity index (χ1n) is 10.0. The first-order chi connectivity index (χ1) is 13.7. The Morgan fingerprint density at radius 3 is 2.50 bits per heavy atom. The summed E-state index contributed by atoms with van der Waals surface area (Å²) in [7, 11) is 0. The van der Waals surface area contributed by atoms with Gasteiger partial charge in [0, 0.05) is 57.9 Å². The first-order valence-corrected chi connectivity index (χ1v) is 10.0. The molecule has 1 amide bonds. The van der Waals surface area contributed by atoms with Crippen LogP contribution < -0.4 is 10.2 Å². The number of rotatable bonds is 4. The molecule has 7 heteroatoms. The lowest BCUT2D eigenvalue weighted by molar-refractivity contribution is -0.133. The lowest BCUT2D eigenvalue weighted by Gasteiger charge is -2.36. The van der Waals surface area contributed by atoms with Crippen molar-refractivity contribution >= 4 is 11.7 Å². The van der Waals surface area contributed by atoms with Crippen LogP contribution in [0.25, 0.3) is 11.3 Å². The van der Waals surface area contributed by atoms with Crippen molar-refractivity contribution in [3.8, 4) is 11.3 Å². The van der Waals surface area contributed by atoms with Crippen LogP contribution in [0.2, 0.25) is 0 Å². The van der Waals surface area contributed by atoms with Gasteiger partial charge in [-0.3, -0.25) is 14.7 Å². The Kier molecular flexibility index (Phi) is 5.83. The van der Waals surface area contributed by atoms with Crippen LogP contribution in [-0.2, 0) is 4.79 Å². The van der Waals surface area contributed by atoms with Crippen molar-refractivity contribution in [3.05, 3.63) is 42.2 Å². The van der Waals surface area contributed by atoms with E-state index in [1.165, 1.54) is 5.56 Å². The van der Waals surface area contributed by atoms with Gasteiger partial charge in [0.25, 0.3) is 0 Å². The second-order valence-electron chi connectivity index (χ2n) is 7.52. The average Bonchev–Trinajstić information content (AvgIpc) is 2.75. The van der Waals surface area contributed by atoms with E-state index >= 15 is 0 Å². The Morgan fingerprint density at radius 1 is 1.04 bits per heavy atom. The standard InChI is InChI=1S/C21H28N6O/c1-17-3-2-4-18(13-17)19-14-24-20(15-23-19)26-11-9-25(10-12-26)16-21(28)27-7-5-22-6-8-27/h2-4,13-15,22H,5-12,16H2,1H3. The van der Waals surface area contributed by atoms with Gasteiger partial charge in [0.05, 0.1) is 24.6 Å². The summed E-state index contributed by atoms with van der Waals surface area (Å²) < 4.78 is 0. The Hall–Kier alpha value is -2.51. The number of anilines is 1. The molecule has 2 aliphatic rings. The number of nitrogens with zero attached hydrogens (tertiary/aromatic N) is 5. The van der Waals surface area contributed by atoms with Gasteiger partial charge in [0.1, 0.15) is 5.82 Å². The Balaban J connectivity index is 1.30. The quantitative estimate of drug-likeness (QED) is 0.854. The van der Waals surface area contributed by atoms with E-state index in [0.717, 1.165) is 69.4 Å². The molecule has 0 aliphatic carbocycles. The first kappa shape index (κ1) is 18.8. The third-order valence-electron chi connectivity index (χ3n) is 5.48. The molecule has 3 heterocycles. The van der Waals surface area contributed by atoms with Gasteiger partial charge in [-0.15, -0.1) is 0 Å². The molecule has 1 N–H and O–H groups in total. The minimum Gasteiger partial charge on any atom is -0.353 e. The topological polar surface area (TPSA) is 64.6 Å². The average molecular weight is 380 g/mol. The van der Waals surface area contributed by atoms with Gasteiger partial charge in [-0.2, -0.15) is 0 Å². The summed E-state index contributed by atoms with van der Waals surface area (Å²) in [6.45, 7) is 9.53. The van der Waals surface area contributed by atoms with Crippen LogP contribution in [0.5, 0.6) is 0 Å². The van der Waals surface area contributed by atoms with Gasteiger partial charge in [0.2, 0.25) is 5.91 Å². The molecule has 4 rings (SSSR count). The van der Waals surface area contributed by atoms with Crippen molar-refractivity contribution in [1.29, 1.82) is 0 Å². The van der Waals surface area contributed by atoms with Gasteiger partial charge in [0.15, 0.2) is 0 Å². The minimum atomic E-state index is 0.247. The highest BCUT2D eigenvalue weighted by Crippen LogP contribution is 2.20. The molecule has 148 valence electrons. The highest BCUT2D eigenvalue weighted by atomic mass is 16.2. The summed E-state index contributed by atoms with van der Waals surface area (Å²) >= 11 is 0. The molecule has 28 heavy (non-hydrogen) atoms. The number of piperazine rings is 2. The molecular weight excluding hydrogens is 352 g/mol. The molecule has 0 unspecified atom stereocenters. The number of carbonyl (C=O) groups is 1. The number of hydrogen-bond acceptors (Lipinski definition) is 6. The fraction of sp³-hybridized carbons (Fsp3) is 0.476. The van der Waals surface area contributed by atoms with E-state index in [4.69, 9.17) is 0 Å². The Bertz CT molecular complexity index is 795. The summed E-state index contributed by atoms with van der Waals surface area (Å²) in [4.78, 5) is 28.1. The van der Waals surface area contributed by atoms with Gasteiger partial charge in [-0.25, -0.2) is 4.98 Å². The third kappa shape index (κ3) is 4.48. The van der Waals surface area contributed by atoms with Crippen molar-refractivity contribution < 1.29 is 4.79 Å². The largest absolute Gasteiger partial charge is 0.353 e. The number of carbonyl (C=O) groups excluding carboxylic acids is 1. The fourth-order valence-corrected chi connectivity index (χ4v) is 3.78. The molecule has 1 aromatic heterocycles. The second-order valence-corrected chi connectivity index (χ2v) is 7.52. The minimum absolute atomic E-state index is 0.247. The second kappa shape index (κ2) is 8.67. The van der Waals surface area contributed by atoms with Gasteiger partial charge in [-0.1, -0.05) is 23.8 Å². The summed E-state index contributed by atoms with van der Waals surface area (Å²) in [5.74, 6) is 1.15. The number of amides is 1. The van der Waals surface area contributed by atoms with Crippen LogP contribution in [0.4, 0.5) is 5.82 Å². The molecule has 0 radical (unpaired) electrons. The van der Waals surface area contributed by atoms with Crippen LogP contribution in [0, 0.1) is 6.92 Å². The lowest BCUT2D eigenvalue weighted by atomic mass is 10.1. The van der Waals surface area contributed by atoms with E-state index in [1.807, 2.05) is 23.4 Å². The van der Waals surface area contributed by atoms with E-state index in [0.29, 0.717) is 6.54 Å². The molecular formula is C21H28N6O. The highest BCUT2D eigenvalue weighted by molar-refractivity contribution is 5.78. The molecule has 1 aromatic carbocycles. The fourth-order valence-electron chi connectivity index (χ4n) is 3.78. The molecule has 0 saturated carbocycles. The summed E-state index contributed by atoms with van der Waals surface area (Å²) in [6.07, 6.45) is 3.71. The predicted molar refractivity (Wildman–Crippen MR) is 110 cm³/mol. The van der Waals surface area contributed by atoms with Crippen molar-refractivity contribution in [2.24, 2.45) is 0 Å². The summed E-state index contributed by atoms with van der Waals surface area (Å²) in [5.41, 5.74) is 3.21. The third-order valence-corrected chi connectivity index (χ3v) is 5.48. The van der Waals surface area contributed by atoms with Crippen LogP contribution in [0.3, 0.4) is 0 Å². The van der Waals surface area contributed by atoms with Crippen LogP contribution >= 0.6 is 0 Å². The van der Waals surface area contributed by atoms with Gasteiger partial charge in [-0.05, 0) is 13.0 Å². The SMILES string of the molecule is Cc1cccc(-c2cnc(N3CCN(CC(=O)N4CCNCC4)CC3)cn2)c1. The zero-order chi connectivity index (χ0) is 19.3. The van der Waals surface area contributed by atoms with Crippen molar-refractivity contribution in [2.45, 2.75) is 6.92 Å². The lowest BCUT2D eigenvalue weighted by Crippen LogP contribution is -2.53. The number of aromatic nitrogens is 2. The zero-order valence-corrected chi connectivity index (χ0v) is 16.5.